The number of hydrogen-bond donors (Lipinski definition) is 0. The quantitative estimate of drug-likeness (QED) is 0.554. The largest absolute Gasteiger partial charge is 0.0587 e. The molecule has 0 radical (unpaired) electrons. The first-order valence-corrected chi connectivity index (χ1v) is 8.84. The van der Waals surface area contributed by atoms with Crippen LogP contribution in [0.5, 0.6) is 0 Å². The minimum absolute atomic E-state index is 0.559. The zero-order valence-electron chi connectivity index (χ0n) is 15.6. The smallest absolute Gasteiger partial charge is 0.0141 e. The van der Waals surface area contributed by atoms with Crippen LogP contribution in [-0.2, 0) is 0 Å². The average Bonchev–Trinajstić information content (AvgIpc) is 2.43. The van der Waals surface area contributed by atoms with Crippen LogP contribution in [0.2, 0.25) is 0 Å². The van der Waals surface area contributed by atoms with Crippen molar-refractivity contribution in [1.29, 1.82) is 0 Å². The van der Waals surface area contributed by atoms with Crippen molar-refractivity contribution in [1.82, 2.24) is 0 Å². The molecular weight excluding hydrogens is 264 g/mol. The van der Waals surface area contributed by atoms with Crippen molar-refractivity contribution < 1.29 is 0 Å². The zero-order chi connectivity index (χ0) is 16.6. The first-order chi connectivity index (χ1) is 10.2. The summed E-state index contributed by atoms with van der Waals surface area (Å²) in [6, 6.07) is 9.60. The predicted octanol–water partition coefficient (Wildman–Crippen LogP) is 7.33. The van der Waals surface area contributed by atoms with Gasteiger partial charge in [0.2, 0.25) is 0 Å². The molecule has 2 aromatic carbocycles. The van der Waals surface area contributed by atoms with Gasteiger partial charge in [-0.3, -0.25) is 0 Å². The van der Waals surface area contributed by atoms with Gasteiger partial charge in [0.05, 0.1) is 0 Å². The molecule has 0 amide bonds. The van der Waals surface area contributed by atoms with Crippen LogP contribution < -0.4 is 0 Å². The van der Waals surface area contributed by atoms with E-state index in [0.29, 0.717) is 23.7 Å². The summed E-state index contributed by atoms with van der Waals surface area (Å²) >= 11 is 0. The monoisotopic (exact) mass is 296 g/mol. The van der Waals surface area contributed by atoms with E-state index >= 15 is 0 Å². The molecule has 0 atom stereocenters. The van der Waals surface area contributed by atoms with E-state index < -0.39 is 0 Å². The lowest BCUT2D eigenvalue weighted by Gasteiger charge is -2.23. The van der Waals surface area contributed by atoms with Gasteiger partial charge in [0, 0.05) is 0 Å². The van der Waals surface area contributed by atoms with Crippen LogP contribution in [0.1, 0.15) is 101 Å². The molecule has 0 aromatic heterocycles. The van der Waals surface area contributed by atoms with Crippen molar-refractivity contribution in [3.63, 3.8) is 0 Å². The molecule has 120 valence electrons. The van der Waals surface area contributed by atoms with Crippen LogP contribution in [-0.4, -0.2) is 0 Å². The van der Waals surface area contributed by atoms with Crippen LogP contribution in [0, 0.1) is 0 Å². The first-order valence-electron chi connectivity index (χ1n) is 8.84. The third kappa shape index (κ3) is 3.07. The lowest BCUT2D eigenvalue weighted by atomic mass is 9.82. The fraction of sp³-hybridized carbons (Fsp3) is 0.545. The fourth-order valence-electron chi connectivity index (χ4n) is 3.48. The van der Waals surface area contributed by atoms with Crippen molar-refractivity contribution >= 4 is 10.8 Å². The van der Waals surface area contributed by atoms with Gasteiger partial charge >= 0.3 is 0 Å². The number of hydrogen-bond acceptors (Lipinski definition) is 0. The molecule has 2 aromatic rings. The third-order valence-electron chi connectivity index (χ3n) is 4.75. The highest BCUT2D eigenvalue weighted by Gasteiger charge is 2.17. The van der Waals surface area contributed by atoms with Gasteiger partial charge in [-0.2, -0.15) is 0 Å². The molecule has 0 fully saturated rings. The van der Waals surface area contributed by atoms with Crippen LogP contribution in [0.4, 0.5) is 0 Å². The Balaban J connectivity index is 2.92. The van der Waals surface area contributed by atoms with Gasteiger partial charge in [-0.1, -0.05) is 79.7 Å². The fourth-order valence-corrected chi connectivity index (χ4v) is 3.48. The van der Waals surface area contributed by atoms with E-state index in [4.69, 9.17) is 0 Å². The Hall–Kier alpha value is -1.30. The maximum atomic E-state index is 2.45. The van der Waals surface area contributed by atoms with Gasteiger partial charge in [-0.05, 0) is 56.7 Å². The van der Waals surface area contributed by atoms with Crippen LogP contribution in [0.15, 0.2) is 24.3 Å². The first kappa shape index (κ1) is 17.1. The number of fused-ring (bicyclic) bond motifs is 1. The van der Waals surface area contributed by atoms with Crippen LogP contribution >= 0.6 is 0 Å². The summed E-state index contributed by atoms with van der Waals surface area (Å²) in [7, 11) is 0. The Bertz CT molecular complexity index is 657. The second-order valence-corrected chi connectivity index (χ2v) is 7.89. The molecule has 0 nitrogen and oxygen atoms in total. The molecule has 0 aliphatic carbocycles. The minimum Gasteiger partial charge on any atom is -0.0587 e. The van der Waals surface area contributed by atoms with E-state index in [1.807, 2.05) is 0 Å². The zero-order valence-corrected chi connectivity index (χ0v) is 15.6. The summed E-state index contributed by atoms with van der Waals surface area (Å²) < 4.78 is 0. The maximum absolute atomic E-state index is 2.45. The Labute approximate surface area is 136 Å². The molecule has 0 heterocycles. The highest BCUT2D eigenvalue weighted by atomic mass is 14.2. The van der Waals surface area contributed by atoms with E-state index in [1.165, 1.54) is 27.5 Å². The summed E-state index contributed by atoms with van der Waals surface area (Å²) in [4.78, 5) is 0. The minimum atomic E-state index is 0.559. The molecule has 0 saturated carbocycles. The van der Waals surface area contributed by atoms with Crippen molar-refractivity contribution in [2.75, 3.05) is 0 Å². The summed E-state index contributed by atoms with van der Waals surface area (Å²) in [5, 5.41) is 2.93. The van der Waals surface area contributed by atoms with Crippen molar-refractivity contribution in [2.24, 2.45) is 0 Å². The molecular formula is C22H32. The second-order valence-electron chi connectivity index (χ2n) is 7.89. The molecule has 0 spiro atoms. The van der Waals surface area contributed by atoms with Gasteiger partial charge in [-0.15, -0.1) is 0 Å². The molecule has 0 aliphatic rings. The highest BCUT2D eigenvalue weighted by Crippen LogP contribution is 2.38. The van der Waals surface area contributed by atoms with E-state index in [2.05, 4.69) is 79.7 Å². The molecule has 0 unspecified atom stereocenters. The Morgan fingerprint density at radius 3 is 1.59 bits per heavy atom. The lowest BCUT2D eigenvalue weighted by molar-refractivity contribution is 0.795. The maximum Gasteiger partial charge on any atom is -0.0141 e. The number of benzene rings is 2. The molecule has 0 saturated heterocycles. The van der Waals surface area contributed by atoms with Gasteiger partial charge < -0.3 is 0 Å². The predicted molar refractivity (Wildman–Crippen MR) is 100 cm³/mol. The average molecular weight is 296 g/mol. The molecule has 0 N–H and O–H groups in total. The normalized spacial score (nSPS) is 12.4. The topological polar surface area (TPSA) is 0 Å². The van der Waals surface area contributed by atoms with Gasteiger partial charge in [0.25, 0.3) is 0 Å². The van der Waals surface area contributed by atoms with E-state index in [9.17, 15) is 0 Å². The summed E-state index contributed by atoms with van der Waals surface area (Å²) in [5.41, 5.74) is 6.03. The van der Waals surface area contributed by atoms with Crippen molar-refractivity contribution in [2.45, 2.75) is 79.1 Å². The van der Waals surface area contributed by atoms with Gasteiger partial charge in [0.1, 0.15) is 0 Å². The molecule has 0 bridgehead atoms. The SMILES string of the molecule is CC(C)c1cc(C(C)C)c2ccc(C(C)C)c(C(C)C)c2c1. The van der Waals surface area contributed by atoms with Crippen molar-refractivity contribution in [3.05, 3.63) is 46.5 Å². The molecule has 0 aliphatic heterocycles. The Kier molecular flexibility index (Phi) is 5.00. The molecule has 2 rings (SSSR count). The van der Waals surface area contributed by atoms with E-state index in [-0.39, 0.29) is 0 Å². The van der Waals surface area contributed by atoms with Crippen molar-refractivity contribution in [3.8, 4) is 0 Å². The summed E-state index contributed by atoms with van der Waals surface area (Å²) in [5.74, 6) is 2.27. The number of rotatable bonds is 4. The molecule has 22 heavy (non-hydrogen) atoms. The summed E-state index contributed by atoms with van der Waals surface area (Å²) in [6.45, 7) is 18.5. The van der Waals surface area contributed by atoms with Crippen LogP contribution in [0.25, 0.3) is 10.8 Å². The van der Waals surface area contributed by atoms with E-state index in [1.54, 1.807) is 5.56 Å². The van der Waals surface area contributed by atoms with Crippen LogP contribution in [0.3, 0.4) is 0 Å². The standard InChI is InChI=1S/C22H32/c1-13(2)17-11-20(15(5)6)19-10-9-18(14(3)4)22(16(7)8)21(19)12-17/h9-16H,1-8H3. The molecule has 0 heteroatoms. The second kappa shape index (κ2) is 6.44. The van der Waals surface area contributed by atoms with Gasteiger partial charge in [-0.25, -0.2) is 0 Å². The Morgan fingerprint density at radius 1 is 0.545 bits per heavy atom. The van der Waals surface area contributed by atoms with Gasteiger partial charge in [0.15, 0.2) is 0 Å². The van der Waals surface area contributed by atoms with E-state index in [0.717, 1.165) is 0 Å². The highest BCUT2D eigenvalue weighted by molar-refractivity contribution is 5.91. The lowest BCUT2D eigenvalue weighted by Crippen LogP contribution is -2.03. The Morgan fingerprint density at radius 2 is 1.14 bits per heavy atom. The summed E-state index contributed by atoms with van der Waals surface area (Å²) in [6.07, 6.45) is 0. The third-order valence-corrected chi connectivity index (χ3v) is 4.75.